The molecule has 1 N–H and O–H groups in total. The first-order chi connectivity index (χ1) is 11.1. The van der Waals surface area contributed by atoms with Crippen LogP contribution in [-0.4, -0.2) is 21.9 Å². The molecule has 2 aromatic heterocycles. The van der Waals surface area contributed by atoms with Crippen LogP contribution >= 0.6 is 11.8 Å². The lowest BCUT2D eigenvalue weighted by Crippen LogP contribution is -2.28. The molecule has 0 fully saturated rings. The number of pyridine rings is 1. The Morgan fingerprint density at radius 3 is 3.00 bits per heavy atom. The van der Waals surface area contributed by atoms with E-state index in [0.29, 0.717) is 10.6 Å². The number of aryl methyl sites for hydroxylation is 2. The van der Waals surface area contributed by atoms with E-state index in [2.05, 4.69) is 28.6 Å². The average molecular weight is 332 g/mol. The summed E-state index contributed by atoms with van der Waals surface area (Å²) < 4.78 is 6.35. The van der Waals surface area contributed by atoms with Crippen molar-refractivity contribution in [2.24, 2.45) is 7.05 Å². The first-order valence-corrected chi connectivity index (χ1v) is 8.26. The quantitative estimate of drug-likeness (QED) is 0.614. The maximum absolute atomic E-state index is 11.9. The molecule has 0 radical (unpaired) electrons. The summed E-state index contributed by atoms with van der Waals surface area (Å²) in [5.74, 6) is 0.184. The smallest absolute Gasteiger partial charge is 0.288 e. The Balaban J connectivity index is 1.98. The van der Waals surface area contributed by atoms with Gasteiger partial charge < -0.3 is 0 Å². The molecule has 1 amide bonds. The van der Waals surface area contributed by atoms with Crippen LogP contribution in [0.4, 0.5) is 5.88 Å². The third-order valence-corrected chi connectivity index (χ3v) is 3.99. The van der Waals surface area contributed by atoms with Crippen molar-refractivity contribution in [2.75, 3.05) is 11.1 Å². The number of nitriles is 1. The highest BCUT2D eigenvalue weighted by Crippen LogP contribution is 2.21. The topological polar surface area (TPSA) is 95.7 Å². The summed E-state index contributed by atoms with van der Waals surface area (Å²) in [5.41, 5.74) is 1.42. The van der Waals surface area contributed by atoms with Gasteiger partial charge in [0, 0.05) is 5.69 Å². The number of hydrogen-bond donors (Lipinski definition) is 1. The molecule has 0 saturated carbocycles. The first kappa shape index (κ1) is 17.0. The molecule has 120 valence electrons. The number of nitrogens with one attached hydrogen (secondary N) is 1. The fourth-order valence-electron chi connectivity index (χ4n) is 1.86. The molecule has 7 nitrogen and oxygen atoms in total. The fraction of sp³-hybridized carbons (Fsp3) is 0.400. The number of carbonyl (C=O) groups excluding carboxylic acids is 1. The van der Waals surface area contributed by atoms with E-state index in [1.165, 1.54) is 16.4 Å². The molecule has 8 heteroatoms. The Labute approximate surface area is 138 Å². The summed E-state index contributed by atoms with van der Waals surface area (Å²) in [4.78, 5) is 16.4. The van der Waals surface area contributed by atoms with Gasteiger partial charge in [0.25, 0.3) is 6.20 Å². The molecule has 2 rings (SSSR count). The predicted molar refractivity (Wildman–Crippen MR) is 84.6 cm³/mol. The van der Waals surface area contributed by atoms with E-state index in [1.807, 2.05) is 6.07 Å². The van der Waals surface area contributed by atoms with Crippen LogP contribution in [0.5, 0.6) is 0 Å². The van der Waals surface area contributed by atoms with Gasteiger partial charge in [-0.3, -0.25) is 14.6 Å². The highest BCUT2D eigenvalue weighted by atomic mass is 32.2. The summed E-state index contributed by atoms with van der Waals surface area (Å²) in [6.45, 7) is 2.12. The van der Waals surface area contributed by atoms with Crippen molar-refractivity contribution < 1.29 is 14.0 Å². The van der Waals surface area contributed by atoms with Gasteiger partial charge in [-0.2, -0.15) is 5.26 Å². The molecule has 0 unspecified atom stereocenters. The van der Waals surface area contributed by atoms with Crippen LogP contribution in [0.25, 0.3) is 0 Å². The molecule has 2 aromatic rings. The molecule has 0 aliphatic carbocycles. The Kier molecular flexibility index (Phi) is 6.11. The number of hydrogen-bond acceptors (Lipinski definition) is 6. The zero-order valence-electron chi connectivity index (χ0n) is 13.1. The number of thioether (sulfide) groups is 1. The molecule has 0 aliphatic heterocycles. The number of aromatic nitrogens is 3. The van der Waals surface area contributed by atoms with E-state index in [9.17, 15) is 4.79 Å². The van der Waals surface area contributed by atoms with Crippen molar-refractivity contribution >= 4 is 23.6 Å². The van der Waals surface area contributed by atoms with Crippen LogP contribution in [-0.2, 0) is 18.3 Å². The van der Waals surface area contributed by atoms with Gasteiger partial charge in [-0.15, -0.1) is 0 Å². The number of rotatable bonds is 7. The maximum atomic E-state index is 11.9. The standard InChI is InChI=1S/C15H17N5O2S/c1-3-4-5-12-7-6-11(8-16)15(17-12)23-10-13(21)18-14-9-20(2)19-22-14/h6-7,9H,3-5,10H2,1-2H3/p+1. The lowest BCUT2D eigenvalue weighted by Gasteiger charge is -2.06. The van der Waals surface area contributed by atoms with Crippen molar-refractivity contribution in [1.82, 2.24) is 10.3 Å². The van der Waals surface area contributed by atoms with Gasteiger partial charge in [-0.25, -0.2) is 4.98 Å². The van der Waals surface area contributed by atoms with Crippen LogP contribution in [0.1, 0.15) is 31.0 Å². The Morgan fingerprint density at radius 2 is 2.35 bits per heavy atom. The lowest BCUT2D eigenvalue weighted by atomic mass is 10.2. The van der Waals surface area contributed by atoms with E-state index >= 15 is 0 Å². The summed E-state index contributed by atoms with van der Waals surface area (Å²) in [6.07, 6.45) is 4.57. The predicted octanol–water partition coefficient (Wildman–Crippen LogP) is 1.84. The van der Waals surface area contributed by atoms with Crippen LogP contribution in [0, 0.1) is 11.3 Å². The number of carbonyl (C=O) groups is 1. The molecule has 0 saturated heterocycles. The first-order valence-electron chi connectivity index (χ1n) is 7.27. The van der Waals surface area contributed by atoms with Crippen LogP contribution in [0.15, 0.2) is 27.9 Å². The summed E-state index contributed by atoms with van der Waals surface area (Å²) in [5, 5.41) is 16.0. The van der Waals surface area contributed by atoms with Crippen LogP contribution in [0.3, 0.4) is 0 Å². The van der Waals surface area contributed by atoms with E-state index < -0.39 is 0 Å². The molecule has 0 bridgehead atoms. The second-order valence-corrected chi connectivity index (χ2v) is 5.91. The molecule has 23 heavy (non-hydrogen) atoms. The minimum Gasteiger partial charge on any atom is -0.288 e. The number of unbranched alkanes of at least 4 members (excludes halogenated alkanes) is 1. The minimum absolute atomic E-state index is 0.142. The second kappa shape index (κ2) is 8.29. The third-order valence-electron chi connectivity index (χ3n) is 3.00. The summed E-state index contributed by atoms with van der Waals surface area (Å²) in [7, 11) is 1.69. The van der Waals surface area contributed by atoms with Crippen molar-refractivity contribution in [3.05, 3.63) is 29.6 Å². The molecule has 2 heterocycles. The Hall–Kier alpha value is -2.40. The summed E-state index contributed by atoms with van der Waals surface area (Å²) in [6, 6.07) is 5.74. The summed E-state index contributed by atoms with van der Waals surface area (Å²) >= 11 is 1.24. The Morgan fingerprint density at radius 1 is 1.52 bits per heavy atom. The maximum Gasteiger partial charge on any atom is 0.302 e. The van der Waals surface area contributed by atoms with Gasteiger partial charge in [-0.05, 0) is 25.0 Å². The monoisotopic (exact) mass is 332 g/mol. The minimum atomic E-state index is -0.239. The molecular formula is C15H18N5O2S+. The molecular weight excluding hydrogens is 314 g/mol. The van der Waals surface area contributed by atoms with Gasteiger partial charge in [0.1, 0.15) is 11.1 Å². The second-order valence-electron chi connectivity index (χ2n) is 4.95. The average Bonchev–Trinajstić information content (AvgIpc) is 2.95. The highest BCUT2D eigenvalue weighted by Gasteiger charge is 2.13. The van der Waals surface area contributed by atoms with E-state index in [4.69, 9.17) is 9.78 Å². The van der Waals surface area contributed by atoms with E-state index in [0.717, 1.165) is 25.0 Å². The van der Waals surface area contributed by atoms with Crippen molar-refractivity contribution in [2.45, 2.75) is 31.2 Å². The van der Waals surface area contributed by atoms with Crippen LogP contribution in [0.2, 0.25) is 0 Å². The largest absolute Gasteiger partial charge is 0.302 e. The van der Waals surface area contributed by atoms with Crippen LogP contribution < -0.4 is 10.00 Å². The SMILES string of the molecule is CCCCc1ccc(C#N)c(SCC(=O)Nc2c[n+](C)no2)n1. The Bertz CT molecular complexity index is 723. The van der Waals surface area contributed by atoms with E-state index in [1.54, 1.807) is 19.3 Å². The number of amides is 1. The van der Waals surface area contributed by atoms with E-state index in [-0.39, 0.29) is 17.5 Å². The normalized spacial score (nSPS) is 10.3. The van der Waals surface area contributed by atoms with Crippen molar-refractivity contribution in [3.8, 4) is 6.07 Å². The molecule has 0 atom stereocenters. The lowest BCUT2D eigenvalue weighted by molar-refractivity contribution is -0.739. The molecule has 0 aromatic carbocycles. The van der Waals surface area contributed by atoms with Gasteiger partial charge in [0.15, 0.2) is 12.3 Å². The van der Waals surface area contributed by atoms with Gasteiger partial charge >= 0.3 is 5.88 Å². The van der Waals surface area contributed by atoms with Crippen molar-refractivity contribution in [3.63, 3.8) is 0 Å². The zero-order valence-corrected chi connectivity index (χ0v) is 13.9. The fourth-order valence-corrected chi connectivity index (χ4v) is 2.65. The molecule has 0 spiro atoms. The number of anilines is 1. The van der Waals surface area contributed by atoms with Crippen molar-refractivity contribution in [1.29, 1.82) is 5.26 Å². The van der Waals surface area contributed by atoms with Gasteiger partial charge in [0.05, 0.1) is 11.3 Å². The zero-order chi connectivity index (χ0) is 16.7. The highest BCUT2D eigenvalue weighted by molar-refractivity contribution is 8.00. The van der Waals surface area contributed by atoms with Gasteiger partial charge in [0.2, 0.25) is 5.91 Å². The molecule has 0 aliphatic rings. The number of nitrogens with zero attached hydrogens (tertiary/aromatic N) is 4. The van der Waals surface area contributed by atoms with Gasteiger partial charge in [-0.1, -0.05) is 29.8 Å². The third kappa shape index (κ3) is 5.07.